The highest BCUT2D eigenvalue weighted by Crippen LogP contribution is 2.15. The zero-order chi connectivity index (χ0) is 22.9. The molecule has 8 nitrogen and oxygen atoms in total. The summed E-state index contributed by atoms with van der Waals surface area (Å²) in [6.07, 6.45) is -0.0173. The number of benzene rings is 2. The molecule has 2 amide bonds. The molecule has 1 unspecified atom stereocenters. The second-order valence-electron chi connectivity index (χ2n) is 7.38. The fourth-order valence-electron chi connectivity index (χ4n) is 3.32. The van der Waals surface area contributed by atoms with Gasteiger partial charge in [0.1, 0.15) is 6.10 Å². The lowest BCUT2D eigenvalue weighted by molar-refractivity contribution is -0.155. The van der Waals surface area contributed by atoms with Gasteiger partial charge >= 0.3 is 5.97 Å². The van der Waals surface area contributed by atoms with Gasteiger partial charge in [-0.3, -0.25) is 14.4 Å². The summed E-state index contributed by atoms with van der Waals surface area (Å²) in [4.78, 5) is 50.6. The third-order valence-corrected chi connectivity index (χ3v) is 4.97. The van der Waals surface area contributed by atoms with Gasteiger partial charge in [-0.15, -0.1) is 0 Å². The minimum atomic E-state index is -0.785. The highest BCUT2D eigenvalue weighted by Gasteiger charge is 2.30. The molecule has 0 radical (unpaired) electrons. The molecule has 0 saturated carbocycles. The molecular formula is C24H26N2O6. The van der Waals surface area contributed by atoms with Crippen LogP contribution in [0.4, 0.5) is 5.69 Å². The Morgan fingerprint density at radius 3 is 2.47 bits per heavy atom. The first-order chi connectivity index (χ1) is 15.5. The lowest BCUT2D eigenvalue weighted by atomic mass is 10.1. The van der Waals surface area contributed by atoms with Crippen molar-refractivity contribution >= 4 is 29.3 Å². The zero-order valence-corrected chi connectivity index (χ0v) is 17.9. The van der Waals surface area contributed by atoms with E-state index in [1.165, 1.54) is 12.1 Å². The number of ether oxygens (including phenoxy) is 2. The van der Waals surface area contributed by atoms with Gasteiger partial charge in [-0.05, 0) is 30.7 Å². The van der Waals surface area contributed by atoms with E-state index in [0.29, 0.717) is 30.9 Å². The summed E-state index contributed by atoms with van der Waals surface area (Å²) in [5.74, 6) is -1.45. The molecule has 8 heteroatoms. The van der Waals surface area contributed by atoms with Crippen molar-refractivity contribution in [1.82, 2.24) is 4.90 Å². The molecule has 0 spiro atoms. The number of amides is 2. The number of esters is 1. The molecule has 0 aromatic heterocycles. The standard InChI is InChI=1S/C24H26N2O6/c1-2-12-26-13-14-31-21(23(26)29)15-22(28)25-19-10-8-18(9-11-19)24(30)32-16-20(27)17-6-4-3-5-7-17/h3-11,21H,2,12-16H2,1H3,(H,25,28). The molecule has 3 rings (SSSR count). The first-order valence-corrected chi connectivity index (χ1v) is 10.5. The van der Waals surface area contributed by atoms with Gasteiger partial charge in [0.2, 0.25) is 5.91 Å². The van der Waals surface area contributed by atoms with Gasteiger partial charge in [-0.2, -0.15) is 0 Å². The molecule has 1 saturated heterocycles. The van der Waals surface area contributed by atoms with Crippen LogP contribution in [0, 0.1) is 0 Å². The molecule has 2 aromatic carbocycles. The van der Waals surface area contributed by atoms with E-state index >= 15 is 0 Å². The molecule has 1 aliphatic heterocycles. The normalized spacial score (nSPS) is 15.8. The van der Waals surface area contributed by atoms with Gasteiger partial charge in [0.15, 0.2) is 12.4 Å². The average molecular weight is 438 g/mol. The lowest BCUT2D eigenvalue weighted by Gasteiger charge is -2.32. The number of carbonyl (C=O) groups excluding carboxylic acids is 4. The Hall–Kier alpha value is -3.52. The van der Waals surface area contributed by atoms with Crippen molar-refractivity contribution in [1.29, 1.82) is 0 Å². The van der Waals surface area contributed by atoms with E-state index in [-0.39, 0.29) is 36.2 Å². The van der Waals surface area contributed by atoms with E-state index in [1.54, 1.807) is 47.4 Å². The molecule has 168 valence electrons. The van der Waals surface area contributed by atoms with Crippen molar-refractivity contribution in [2.75, 3.05) is 31.6 Å². The third-order valence-electron chi connectivity index (χ3n) is 4.97. The summed E-state index contributed by atoms with van der Waals surface area (Å²) < 4.78 is 10.5. The van der Waals surface area contributed by atoms with Crippen molar-refractivity contribution in [2.45, 2.75) is 25.9 Å². The maximum atomic E-state index is 12.4. The van der Waals surface area contributed by atoms with Crippen LogP contribution in [0.2, 0.25) is 0 Å². The smallest absolute Gasteiger partial charge is 0.338 e. The maximum absolute atomic E-state index is 12.4. The fourth-order valence-corrected chi connectivity index (χ4v) is 3.32. The van der Waals surface area contributed by atoms with Crippen LogP contribution in [0.1, 0.15) is 40.5 Å². The van der Waals surface area contributed by atoms with Crippen LogP contribution in [0.3, 0.4) is 0 Å². The van der Waals surface area contributed by atoms with Crippen LogP contribution < -0.4 is 5.32 Å². The second-order valence-corrected chi connectivity index (χ2v) is 7.38. The summed E-state index contributed by atoms with van der Waals surface area (Å²) in [7, 11) is 0. The van der Waals surface area contributed by atoms with E-state index in [0.717, 1.165) is 6.42 Å². The number of anilines is 1. The highest BCUT2D eigenvalue weighted by atomic mass is 16.5. The van der Waals surface area contributed by atoms with Crippen molar-refractivity contribution in [3.05, 3.63) is 65.7 Å². The number of carbonyl (C=O) groups is 4. The van der Waals surface area contributed by atoms with Crippen molar-refractivity contribution < 1.29 is 28.7 Å². The van der Waals surface area contributed by atoms with Crippen LogP contribution in [0.5, 0.6) is 0 Å². The van der Waals surface area contributed by atoms with Gasteiger partial charge in [0, 0.05) is 24.3 Å². The van der Waals surface area contributed by atoms with Crippen LogP contribution in [0.25, 0.3) is 0 Å². The predicted molar refractivity (Wildman–Crippen MR) is 117 cm³/mol. The molecule has 1 aliphatic rings. The van der Waals surface area contributed by atoms with Gasteiger partial charge in [-0.1, -0.05) is 37.3 Å². The summed E-state index contributed by atoms with van der Waals surface area (Å²) in [6, 6.07) is 14.7. The van der Waals surface area contributed by atoms with Crippen molar-refractivity contribution in [2.24, 2.45) is 0 Å². The molecular weight excluding hydrogens is 412 g/mol. The van der Waals surface area contributed by atoms with Gasteiger partial charge in [0.05, 0.1) is 18.6 Å². The molecule has 1 fully saturated rings. The van der Waals surface area contributed by atoms with E-state index in [9.17, 15) is 19.2 Å². The summed E-state index contributed by atoms with van der Waals surface area (Å²) >= 11 is 0. The second kappa shape index (κ2) is 11.2. The molecule has 0 aliphatic carbocycles. The molecule has 0 bridgehead atoms. The van der Waals surface area contributed by atoms with Crippen molar-refractivity contribution in [3.63, 3.8) is 0 Å². The minimum absolute atomic E-state index is 0.0789. The van der Waals surface area contributed by atoms with E-state index in [1.807, 2.05) is 6.92 Å². The van der Waals surface area contributed by atoms with Gasteiger partial charge in [-0.25, -0.2) is 4.79 Å². The average Bonchev–Trinajstić information content (AvgIpc) is 2.81. The molecule has 32 heavy (non-hydrogen) atoms. The first kappa shape index (κ1) is 23.1. The molecule has 1 N–H and O–H groups in total. The molecule has 1 atom stereocenters. The Balaban J connectivity index is 1.48. The summed E-state index contributed by atoms with van der Waals surface area (Å²) in [6.45, 7) is 3.23. The number of ketones is 1. The van der Waals surface area contributed by atoms with Crippen LogP contribution in [-0.2, 0) is 19.1 Å². The summed E-state index contributed by atoms with van der Waals surface area (Å²) in [5, 5.41) is 2.70. The number of nitrogens with one attached hydrogen (secondary N) is 1. The Morgan fingerprint density at radius 1 is 1.06 bits per heavy atom. The summed E-state index contributed by atoms with van der Waals surface area (Å²) in [5.41, 5.74) is 1.20. The fraction of sp³-hybridized carbons (Fsp3) is 0.333. The maximum Gasteiger partial charge on any atom is 0.338 e. The van der Waals surface area contributed by atoms with Gasteiger partial charge < -0.3 is 19.7 Å². The highest BCUT2D eigenvalue weighted by molar-refractivity contribution is 5.99. The van der Waals surface area contributed by atoms with E-state index in [2.05, 4.69) is 5.32 Å². The Morgan fingerprint density at radius 2 is 1.78 bits per heavy atom. The minimum Gasteiger partial charge on any atom is -0.454 e. The monoisotopic (exact) mass is 438 g/mol. The van der Waals surface area contributed by atoms with E-state index < -0.39 is 12.1 Å². The third kappa shape index (κ3) is 6.24. The molecule has 1 heterocycles. The number of nitrogens with zero attached hydrogens (tertiary/aromatic N) is 1. The molecule has 2 aromatic rings. The van der Waals surface area contributed by atoms with Crippen LogP contribution in [-0.4, -0.2) is 60.9 Å². The lowest BCUT2D eigenvalue weighted by Crippen LogP contribution is -2.49. The number of morpholine rings is 1. The number of Topliss-reactive ketones (excluding diaryl/α,β-unsaturated/α-hetero) is 1. The van der Waals surface area contributed by atoms with Crippen molar-refractivity contribution in [3.8, 4) is 0 Å². The Bertz CT molecular complexity index is 956. The Kier molecular flexibility index (Phi) is 8.10. The number of hydrogen-bond donors (Lipinski definition) is 1. The SMILES string of the molecule is CCCN1CCOC(CC(=O)Nc2ccc(C(=O)OCC(=O)c3ccccc3)cc2)C1=O. The van der Waals surface area contributed by atoms with Crippen LogP contribution >= 0.6 is 0 Å². The van der Waals surface area contributed by atoms with E-state index in [4.69, 9.17) is 9.47 Å². The number of hydrogen-bond acceptors (Lipinski definition) is 6. The quantitative estimate of drug-likeness (QED) is 0.477. The Labute approximate surface area is 186 Å². The van der Waals surface area contributed by atoms with Crippen LogP contribution in [0.15, 0.2) is 54.6 Å². The zero-order valence-electron chi connectivity index (χ0n) is 17.9. The largest absolute Gasteiger partial charge is 0.454 e. The predicted octanol–water partition coefficient (Wildman–Crippen LogP) is 2.69. The number of rotatable bonds is 9. The topological polar surface area (TPSA) is 102 Å². The first-order valence-electron chi connectivity index (χ1n) is 10.5. The van der Waals surface area contributed by atoms with Gasteiger partial charge in [0.25, 0.3) is 5.91 Å².